The minimum atomic E-state index is 0.605. The van der Waals surface area contributed by atoms with Crippen LogP contribution in [0.5, 0.6) is 0 Å². The summed E-state index contributed by atoms with van der Waals surface area (Å²) in [6.07, 6.45) is 0. The van der Waals surface area contributed by atoms with Crippen molar-refractivity contribution in [1.82, 2.24) is 4.98 Å². The molecule has 0 atom stereocenters. The molecule has 0 fully saturated rings. The molecule has 49 heavy (non-hydrogen) atoms. The van der Waals surface area contributed by atoms with Crippen molar-refractivity contribution in [3.8, 4) is 22.6 Å². The maximum atomic E-state index is 6.48. The minimum Gasteiger partial charge on any atom is -0.456 e. The monoisotopic (exact) mass is 628 g/mol. The van der Waals surface area contributed by atoms with Crippen molar-refractivity contribution in [2.75, 3.05) is 4.90 Å². The molecular formula is C45H28N2O2. The summed E-state index contributed by atoms with van der Waals surface area (Å²) >= 11 is 0. The van der Waals surface area contributed by atoms with Gasteiger partial charge in [0.25, 0.3) is 0 Å². The number of nitrogens with zero attached hydrogens (tertiary/aromatic N) is 2. The van der Waals surface area contributed by atoms with Gasteiger partial charge in [0.1, 0.15) is 16.7 Å². The third-order valence-electron chi connectivity index (χ3n) is 9.46. The van der Waals surface area contributed by atoms with E-state index in [-0.39, 0.29) is 0 Å². The number of para-hydroxylation sites is 1. The van der Waals surface area contributed by atoms with Crippen molar-refractivity contribution in [2.45, 2.75) is 0 Å². The Balaban J connectivity index is 1.07. The number of anilines is 3. The van der Waals surface area contributed by atoms with Gasteiger partial charge < -0.3 is 13.7 Å². The van der Waals surface area contributed by atoms with Crippen LogP contribution in [0.25, 0.3) is 77.2 Å². The van der Waals surface area contributed by atoms with E-state index >= 15 is 0 Å². The molecular weight excluding hydrogens is 601 g/mol. The van der Waals surface area contributed by atoms with Crippen LogP contribution in [0.2, 0.25) is 0 Å². The summed E-state index contributed by atoms with van der Waals surface area (Å²) in [5.74, 6) is 0.605. The zero-order chi connectivity index (χ0) is 32.3. The first kappa shape index (κ1) is 27.5. The first-order chi connectivity index (χ1) is 24.3. The Hall–Kier alpha value is -6.65. The lowest BCUT2D eigenvalue weighted by Crippen LogP contribution is -2.09. The highest BCUT2D eigenvalue weighted by molar-refractivity contribution is 6.14. The molecule has 0 saturated heterocycles. The molecule has 0 bridgehead atoms. The predicted octanol–water partition coefficient (Wildman–Crippen LogP) is 12.8. The fourth-order valence-corrected chi connectivity index (χ4v) is 7.14. The van der Waals surface area contributed by atoms with Gasteiger partial charge in [0.05, 0.1) is 0 Å². The zero-order valence-corrected chi connectivity index (χ0v) is 26.4. The molecule has 0 spiro atoms. The van der Waals surface area contributed by atoms with E-state index < -0.39 is 0 Å². The number of furan rings is 1. The second-order valence-corrected chi connectivity index (χ2v) is 12.4. The number of hydrogen-bond donors (Lipinski definition) is 0. The van der Waals surface area contributed by atoms with E-state index in [0.717, 1.165) is 50.1 Å². The Morgan fingerprint density at radius 1 is 0.388 bits per heavy atom. The summed E-state index contributed by atoms with van der Waals surface area (Å²) in [6, 6.07) is 59.4. The highest BCUT2D eigenvalue weighted by Crippen LogP contribution is 2.41. The van der Waals surface area contributed by atoms with Crippen LogP contribution in [-0.4, -0.2) is 4.98 Å². The third-order valence-corrected chi connectivity index (χ3v) is 9.46. The van der Waals surface area contributed by atoms with E-state index in [9.17, 15) is 0 Å². The van der Waals surface area contributed by atoms with Gasteiger partial charge in [-0.15, -0.1) is 0 Å². The van der Waals surface area contributed by atoms with Gasteiger partial charge in [0.15, 0.2) is 5.58 Å². The lowest BCUT2D eigenvalue weighted by molar-refractivity contribution is 0.617. The number of aromatic nitrogens is 1. The summed E-state index contributed by atoms with van der Waals surface area (Å²) in [5.41, 5.74) is 9.59. The number of benzene rings is 8. The van der Waals surface area contributed by atoms with Crippen LogP contribution < -0.4 is 4.90 Å². The molecule has 230 valence electrons. The Morgan fingerprint density at radius 3 is 1.86 bits per heavy atom. The van der Waals surface area contributed by atoms with Crippen LogP contribution in [0.15, 0.2) is 179 Å². The van der Waals surface area contributed by atoms with Crippen LogP contribution >= 0.6 is 0 Å². The first-order valence-corrected chi connectivity index (χ1v) is 16.5. The lowest BCUT2D eigenvalue weighted by Gasteiger charge is -2.25. The van der Waals surface area contributed by atoms with Crippen molar-refractivity contribution in [3.05, 3.63) is 170 Å². The molecule has 4 heteroatoms. The predicted molar refractivity (Wildman–Crippen MR) is 202 cm³/mol. The number of fused-ring (bicyclic) bond motifs is 7. The van der Waals surface area contributed by atoms with Crippen molar-refractivity contribution in [2.24, 2.45) is 0 Å². The second kappa shape index (κ2) is 11.0. The molecule has 2 heterocycles. The van der Waals surface area contributed by atoms with Crippen molar-refractivity contribution < 1.29 is 8.83 Å². The molecule has 4 nitrogen and oxygen atoms in total. The smallest absolute Gasteiger partial charge is 0.227 e. The van der Waals surface area contributed by atoms with Gasteiger partial charge in [-0.05, 0) is 93.3 Å². The van der Waals surface area contributed by atoms with Crippen molar-refractivity contribution >= 4 is 71.6 Å². The molecule has 0 saturated carbocycles. The molecule has 0 radical (unpaired) electrons. The molecule has 2 aromatic heterocycles. The van der Waals surface area contributed by atoms with Crippen LogP contribution in [0.4, 0.5) is 17.1 Å². The lowest BCUT2D eigenvalue weighted by atomic mass is 9.93. The molecule has 0 aliphatic rings. The normalized spacial score (nSPS) is 11.7. The summed E-state index contributed by atoms with van der Waals surface area (Å²) in [7, 11) is 0. The maximum Gasteiger partial charge on any atom is 0.227 e. The summed E-state index contributed by atoms with van der Waals surface area (Å²) in [5, 5.41) is 7.09. The quantitative estimate of drug-likeness (QED) is 0.178. The van der Waals surface area contributed by atoms with Gasteiger partial charge in [0, 0.05) is 45.5 Å². The maximum absolute atomic E-state index is 6.48. The van der Waals surface area contributed by atoms with E-state index in [1.54, 1.807) is 0 Å². The fourth-order valence-electron chi connectivity index (χ4n) is 7.14. The minimum absolute atomic E-state index is 0.605. The van der Waals surface area contributed by atoms with Gasteiger partial charge in [-0.1, -0.05) is 97.1 Å². The first-order valence-electron chi connectivity index (χ1n) is 16.5. The molecule has 0 N–H and O–H groups in total. The van der Waals surface area contributed by atoms with Gasteiger partial charge in [-0.3, -0.25) is 0 Å². The standard InChI is InChI=1S/C45H28N2O2/c1-3-11-30(12-4-1)45-46-41-27-40-38-24-23-34(26-42(38)48-43(40)28-44(41)49-45)47(32-14-5-2-6-15-32)33-21-19-29(20-22-33)39-25-31-13-7-8-16-35(31)36-17-9-10-18-37(36)39/h1-28H. The van der Waals surface area contributed by atoms with E-state index in [1.165, 1.54) is 32.7 Å². The Labute approximate surface area is 282 Å². The van der Waals surface area contributed by atoms with Gasteiger partial charge in [0.2, 0.25) is 5.89 Å². The van der Waals surface area contributed by atoms with Crippen LogP contribution in [0.3, 0.4) is 0 Å². The summed E-state index contributed by atoms with van der Waals surface area (Å²) in [4.78, 5) is 7.06. The SMILES string of the molecule is c1ccc(-c2nc3cc4c(cc3o2)oc2cc(N(c3ccccc3)c3ccc(-c5cc6ccccc6c6ccccc56)cc3)ccc24)cc1. The van der Waals surface area contributed by atoms with Crippen LogP contribution in [0, 0.1) is 0 Å². The third kappa shape index (κ3) is 4.57. The summed E-state index contributed by atoms with van der Waals surface area (Å²) in [6.45, 7) is 0. The number of oxazole rings is 1. The molecule has 10 rings (SSSR count). The largest absolute Gasteiger partial charge is 0.456 e. The summed E-state index contributed by atoms with van der Waals surface area (Å²) < 4.78 is 12.6. The number of hydrogen-bond acceptors (Lipinski definition) is 4. The number of rotatable bonds is 5. The Kier molecular flexibility index (Phi) is 6.15. The van der Waals surface area contributed by atoms with Gasteiger partial charge in [-0.2, -0.15) is 0 Å². The molecule has 0 unspecified atom stereocenters. The van der Waals surface area contributed by atoms with Crippen LogP contribution in [-0.2, 0) is 0 Å². The molecule has 0 amide bonds. The molecule has 0 aliphatic heterocycles. The Bertz CT molecular complexity index is 2820. The van der Waals surface area contributed by atoms with Crippen molar-refractivity contribution in [1.29, 1.82) is 0 Å². The van der Waals surface area contributed by atoms with E-state index in [4.69, 9.17) is 13.8 Å². The van der Waals surface area contributed by atoms with Crippen molar-refractivity contribution in [3.63, 3.8) is 0 Å². The highest BCUT2D eigenvalue weighted by atomic mass is 16.4. The fraction of sp³-hybridized carbons (Fsp3) is 0. The Morgan fingerprint density at radius 2 is 1.04 bits per heavy atom. The molecule has 8 aromatic carbocycles. The van der Waals surface area contributed by atoms with E-state index in [0.29, 0.717) is 11.5 Å². The average Bonchev–Trinajstić information content (AvgIpc) is 3.75. The van der Waals surface area contributed by atoms with Gasteiger partial charge >= 0.3 is 0 Å². The van der Waals surface area contributed by atoms with Crippen LogP contribution in [0.1, 0.15) is 0 Å². The highest BCUT2D eigenvalue weighted by Gasteiger charge is 2.18. The second-order valence-electron chi connectivity index (χ2n) is 12.4. The average molecular weight is 629 g/mol. The van der Waals surface area contributed by atoms with Gasteiger partial charge in [-0.25, -0.2) is 4.98 Å². The van der Waals surface area contributed by atoms with E-state index in [2.05, 4.69) is 132 Å². The molecule has 0 aliphatic carbocycles. The van der Waals surface area contributed by atoms with E-state index in [1.807, 2.05) is 42.5 Å². The molecule has 10 aromatic rings. The zero-order valence-electron chi connectivity index (χ0n) is 26.4. The topological polar surface area (TPSA) is 42.4 Å².